The summed E-state index contributed by atoms with van der Waals surface area (Å²) in [6.07, 6.45) is 4.68. The minimum Gasteiger partial charge on any atom is -0.483 e. The quantitative estimate of drug-likeness (QED) is 0.156. The number of fused-ring (bicyclic) bond motifs is 2. The van der Waals surface area contributed by atoms with Crippen molar-refractivity contribution in [1.82, 2.24) is 19.3 Å². The van der Waals surface area contributed by atoms with Crippen LogP contribution in [0.3, 0.4) is 0 Å². The fourth-order valence-electron chi connectivity index (χ4n) is 4.54. The van der Waals surface area contributed by atoms with Crippen molar-refractivity contribution in [2.75, 3.05) is 11.9 Å². The highest BCUT2D eigenvalue weighted by molar-refractivity contribution is 6.76. The summed E-state index contributed by atoms with van der Waals surface area (Å²) < 4.78 is 31.6. The van der Waals surface area contributed by atoms with Crippen LogP contribution < -0.4 is 11.1 Å². The molecule has 4 aromatic rings. The molecule has 200 valence electrons. The maximum atomic E-state index is 15.5. The number of para-hydroxylation sites is 1. The molecule has 0 radical (unpaired) electrons. The molecule has 2 unspecified atom stereocenters. The molecule has 2 aromatic carbocycles. The standard InChI is InChI=1S/C28H35FN6O2Si/c1-19(37-27-15-21-9-6-7-10-23(21)33-28(27,29)30)22-16-26-24(17-25(22)35-12-8-11-31-35)32-20(2)34(26)18-36-13-14-38(3,4)5/h6-12,15-17,19,33H,13-14,18,30H2,1-5H3. The van der Waals surface area contributed by atoms with Gasteiger partial charge in [-0.2, -0.15) is 9.49 Å². The van der Waals surface area contributed by atoms with E-state index < -0.39 is 20.1 Å². The van der Waals surface area contributed by atoms with Crippen LogP contribution in [0.2, 0.25) is 25.7 Å². The van der Waals surface area contributed by atoms with E-state index in [0.717, 1.165) is 39.7 Å². The van der Waals surface area contributed by atoms with Gasteiger partial charge in [0.1, 0.15) is 18.7 Å². The van der Waals surface area contributed by atoms with E-state index in [4.69, 9.17) is 20.2 Å². The number of hydrogen-bond donors (Lipinski definition) is 2. The number of halogens is 1. The highest BCUT2D eigenvalue weighted by atomic mass is 28.3. The number of imidazole rings is 1. The van der Waals surface area contributed by atoms with E-state index in [1.165, 1.54) is 0 Å². The zero-order chi connectivity index (χ0) is 27.1. The molecule has 2 atom stereocenters. The minimum atomic E-state index is -2.35. The Balaban J connectivity index is 1.50. The molecule has 0 saturated heterocycles. The van der Waals surface area contributed by atoms with Crippen molar-refractivity contribution in [3.8, 4) is 5.69 Å². The third-order valence-corrected chi connectivity index (χ3v) is 8.42. The van der Waals surface area contributed by atoms with Gasteiger partial charge in [0.15, 0.2) is 5.76 Å². The van der Waals surface area contributed by atoms with E-state index >= 15 is 4.39 Å². The average Bonchev–Trinajstić information content (AvgIpc) is 3.48. The summed E-state index contributed by atoms with van der Waals surface area (Å²) in [5.74, 6) is -1.48. The number of nitrogens with two attached hydrogens (primary N) is 1. The van der Waals surface area contributed by atoms with Gasteiger partial charge in [-0.1, -0.05) is 37.8 Å². The molecule has 0 bridgehead atoms. The molecule has 3 N–H and O–H groups in total. The van der Waals surface area contributed by atoms with Crippen molar-refractivity contribution in [2.45, 2.75) is 58.3 Å². The number of nitrogens with zero attached hydrogens (tertiary/aromatic N) is 4. The van der Waals surface area contributed by atoms with Gasteiger partial charge in [-0.05, 0) is 50.2 Å². The van der Waals surface area contributed by atoms with E-state index in [1.807, 2.05) is 56.4 Å². The van der Waals surface area contributed by atoms with Crippen molar-refractivity contribution >= 4 is 30.9 Å². The fourth-order valence-corrected chi connectivity index (χ4v) is 5.30. The monoisotopic (exact) mass is 534 g/mol. The molecule has 2 aromatic heterocycles. The Kier molecular flexibility index (Phi) is 6.89. The third-order valence-electron chi connectivity index (χ3n) is 6.72. The van der Waals surface area contributed by atoms with Gasteiger partial charge in [0.25, 0.3) is 5.92 Å². The smallest absolute Gasteiger partial charge is 0.291 e. The summed E-state index contributed by atoms with van der Waals surface area (Å²) in [7, 11) is -1.19. The second-order valence-electron chi connectivity index (χ2n) is 11.0. The molecule has 8 nitrogen and oxygen atoms in total. The molecule has 1 aliphatic heterocycles. The largest absolute Gasteiger partial charge is 0.483 e. The lowest BCUT2D eigenvalue weighted by atomic mass is 10.0. The summed E-state index contributed by atoms with van der Waals surface area (Å²) in [5, 5.41) is 7.17. The van der Waals surface area contributed by atoms with Crippen LogP contribution in [0.25, 0.3) is 22.8 Å². The van der Waals surface area contributed by atoms with Crippen molar-refractivity contribution in [3.63, 3.8) is 0 Å². The molecule has 0 spiro atoms. The fraction of sp³-hybridized carbons (Fsp3) is 0.357. The maximum Gasteiger partial charge on any atom is 0.291 e. The predicted octanol–water partition coefficient (Wildman–Crippen LogP) is 5.97. The van der Waals surface area contributed by atoms with Gasteiger partial charge in [-0.25, -0.2) is 9.67 Å². The number of hydrogen-bond acceptors (Lipinski definition) is 6. The SMILES string of the molecule is Cc1nc2cc(-n3cccn3)c(C(C)OC3=Cc4ccccc4NC3(N)F)cc2n1COCC[Si](C)(C)C. The lowest BCUT2D eigenvalue weighted by molar-refractivity contribution is 0.0635. The molecular formula is C28H35FN6O2Si. The van der Waals surface area contributed by atoms with Crippen LogP contribution in [-0.2, 0) is 16.2 Å². The first-order chi connectivity index (χ1) is 18.0. The molecule has 0 saturated carbocycles. The molecular weight excluding hydrogens is 499 g/mol. The van der Waals surface area contributed by atoms with Crippen LogP contribution in [0.5, 0.6) is 0 Å². The number of benzene rings is 2. The average molecular weight is 535 g/mol. The van der Waals surface area contributed by atoms with Gasteiger partial charge < -0.3 is 19.4 Å². The number of rotatable bonds is 9. The van der Waals surface area contributed by atoms with E-state index in [0.29, 0.717) is 19.0 Å². The van der Waals surface area contributed by atoms with Crippen LogP contribution in [0.4, 0.5) is 10.1 Å². The number of anilines is 1. The van der Waals surface area contributed by atoms with Gasteiger partial charge in [0.05, 0.1) is 16.7 Å². The van der Waals surface area contributed by atoms with Crippen molar-refractivity contribution < 1.29 is 13.9 Å². The summed E-state index contributed by atoms with van der Waals surface area (Å²) in [6.45, 7) is 12.0. The zero-order valence-corrected chi connectivity index (χ0v) is 23.5. The van der Waals surface area contributed by atoms with Gasteiger partial charge in [0, 0.05) is 43.9 Å². The van der Waals surface area contributed by atoms with Crippen molar-refractivity contribution in [1.29, 1.82) is 0 Å². The first kappa shape index (κ1) is 26.1. The first-order valence-electron chi connectivity index (χ1n) is 12.8. The summed E-state index contributed by atoms with van der Waals surface area (Å²) in [4.78, 5) is 4.78. The molecule has 5 rings (SSSR count). The van der Waals surface area contributed by atoms with Gasteiger partial charge >= 0.3 is 0 Å². The number of nitrogens with one attached hydrogen (secondary N) is 1. The molecule has 1 aliphatic rings. The zero-order valence-electron chi connectivity index (χ0n) is 22.5. The summed E-state index contributed by atoms with van der Waals surface area (Å²) in [5.41, 5.74) is 10.8. The van der Waals surface area contributed by atoms with Crippen LogP contribution in [0, 0.1) is 6.92 Å². The van der Waals surface area contributed by atoms with Crippen molar-refractivity contribution in [2.24, 2.45) is 5.73 Å². The van der Waals surface area contributed by atoms with E-state index in [-0.39, 0.29) is 5.76 Å². The van der Waals surface area contributed by atoms with E-state index in [2.05, 4.69) is 34.6 Å². The Morgan fingerprint density at radius 3 is 2.71 bits per heavy atom. The normalized spacial score (nSPS) is 18.1. The maximum absolute atomic E-state index is 15.5. The number of aromatic nitrogens is 4. The highest BCUT2D eigenvalue weighted by Crippen LogP contribution is 2.37. The van der Waals surface area contributed by atoms with Crippen LogP contribution in [0.15, 0.2) is 60.6 Å². The lowest BCUT2D eigenvalue weighted by Gasteiger charge is -2.32. The van der Waals surface area contributed by atoms with Crippen molar-refractivity contribution in [3.05, 3.63) is 77.6 Å². The second-order valence-corrected chi connectivity index (χ2v) is 16.6. The van der Waals surface area contributed by atoms with E-state index in [9.17, 15) is 0 Å². The number of alkyl halides is 1. The Morgan fingerprint density at radius 1 is 1.18 bits per heavy atom. The molecule has 10 heteroatoms. The van der Waals surface area contributed by atoms with Gasteiger partial charge in [-0.15, -0.1) is 0 Å². The number of aryl methyl sites for hydroxylation is 1. The van der Waals surface area contributed by atoms with Crippen LogP contribution >= 0.6 is 0 Å². The Bertz CT molecular complexity index is 1470. The van der Waals surface area contributed by atoms with Crippen LogP contribution in [0.1, 0.15) is 30.0 Å². The van der Waals surface area contributed by atoms with Gasteiger partial charge in [-0.3, -0.25) is 5.73 Å². The Hall–Kier alpha value is -3.47. The molecule has 0 amide bonds. The first-order valence-corrected chi connectivity index (χ1v) is 16.5. The Labute approximate surface area is 223 Å². The molecule has 38 heavy (non-hydrogen) atoms. The molecule has 3 heterocycles. The third kappa shape index (κ3) is 5.38. The Morgan fingerprint density at radius 2 is 1.97 bits per heavy atom. The topological polar surface area (TPSA) is 92.1 Å². The van der Waals surface area contributed by atoms with Gasteiger partial charge in [0.2, 0.25) is 0 Å². The predicted molar refractivity (Wildman–Crippen MR) is 151 cm³/mol. The molecule has 0 fully saturated rings. The molecule has 0 aliphatic carbocycles. The summed E-state index contributed by atoms with van der Waals surface area (Å²) in [6, 6.07) is 14.3. The lowest BCUT2D eigenvalue weighted by Crippen LogP contribution is -2.47. The minimum absolute atomic E-state index is 0.00887. The highest BCUT2D eigenvalue weighted by Gasteiger charge is 2.36. The van der Waals surface area contributed by atoms with E-state index in [1.54, 1.807) is 23.0 Å². The van der Waals surface area contributed by atoms with Crippen LogP contribution in [-0.4, -0.2) is 39.9 Å². The number of ether oxygens (including phenoxy) is 2. The second kappa shape index (κ2) is 10.0. The summed E-state index contributed by atoms with van der Waals surface area (Å²) >= 11 is 0.